The van der Waals surface area contributed by atoms with E-state index in [2.05, 4.69) is 9.97 Å². The van der Waals surface area contributed by atoms with Gasteiger partial charge in [-0.2, -0.15) is 0 Å². The van der Waals surface area contributed by atoms with Gasteiger partial charge in [-0.1, -0.05) is 0 Å². The second kappa shape index (κ2) is 2.87. The summed E-state index contributed by atoms with van der Waals surface area (Å²) in [6, 6.07) is 1.93. The summed E-state index contributed by atoms with van der Waals surface area (Å²) < 4.78 is 1.78. The molecule has 0 aliphatic carbocycles. The van der Waals surface area contributed by atoms with Crippen LogP contribution in [0.25, 0.3) is 11.2 Å². The van der Waals surface area contributed by atoms with E-state index in [1.807, 2.05) is 32.1 Å². The van der Waals surface area contributed by atoms with Crippen molar-refractivity contribution in [2.24, 2.45) is 0 Å². The number of hydrogen-bond donors (Lipinski definition) is 1. The van der Waals surface area contributed by atoms with Crippen molar-refractivity contribution in [2.45, 2.75) is 6.92 Å². The lowest BCUT2D eigenvalue weighted by atomic mass is 10.3. The lowest BCUT2D eigenvalue weighted by molar-refractivity contribution is 0.757. The van der Waals surface area contributed by atoms with Gasteiger partial charge >= 0.3 is 0 Å². The van der Waals surface area contributed by atoms with Crippen LogP contribution in [0.15, 0.2) is 12.3 Å². The smallest absolute Gasteiger partial charge is 0.221 e. The number of nitrogens with two attached hydrogens (primary N) is 1. The normalized spacial score (nSPS) is 10.8. The molecule has 0 spiro atoms. The van der Waals surface area contributed by atoms with Crippen LogP contribution >= 0.6 is 0 Å². The highest BCUT2D eigenvalue weighted by atomic mass is 15.6. The van der Waals surface area contributed by atoms with Crippen LogP contribution in [0, 0.1) is 6.92 Å². The van der Waals surface area contributed by atoms with Gasteiger partial charge in [0.1, 0.15) is 5.52 Å². The first-order valence-corrected chi connectivity index (χ1v) is 4.38. The van der Waals surface area contributed by atoms with Gasteiger partial charge in [0.05, 0.1) is 0 Å². The van der Waals surface area contributed by atoms with E-state index in [0.29, 0.717) is 5.95 Å². The zero-order chi connectivity index (χ0) is 10.3. The highest BCUT2D eigenvalue weighted by molar-refractivity contribution is 5.77. The molecule has 0 fully saturated rings. The van der Waals surface area contributed by atoms with Gasteiger partial charge in [0.25, 0.3) is 0 Å². The Morgan fingerprint density at radius 2 is 2.14 bits per heavy atom. The molecule has 5 nitrogen and oxygen atoms in total. The fraction of sp³-hybridized carbons (Fsp3) is 0.333. The molecule has 0 aliphatic rings. The molecule has 0 bridgehead atoms. The molecule has 2 rings (SSSR count). The molecule has 2 aromatic rings. The monoisotopic (exact) mass is 191 g/mol. The van der Waals surface area contributed by atoms with Gasteiger partial charge in [0.2, 0.25) is 5.95 Å². The number of hydrogen-bond acceptors (Lipinski definition) is 4. The Morgan fingerprint density at radius 3 is 2.79 bits per heavy atom. The Balaban J connectivity index is 2.83. The van der Waals surface area contributed by atoms with Crippen molar-refractivity contribution in [2.75, 3.05) is 24.8 Å². The zero-order valence-electron chi connectivity index (χ0n) is 8.52. The molecule has 0 aliphatic heterocycles. The number of aryl methyl sites for hydroxylation is 1. The highest BCUT2D eigenvalue weighted by Crippen LogP contribution is 2.17. The number of aromatic nitrogens is 3. The molecule has 5 heteroatoms. The van der Waals surface area contributed by atoms with E-state index < -0.39 is 0 Å². The van der Waals surface area contributed by atoms with Gasteiger partial charge in [-0.25, -0.2) is 14.6 Å². The van der Waals surface area contributed by atoms with E-state index in [-0.39, 0.29) is 0 Å². The molecule has 0 saturated heterocycles. The lowest BCUT2D eigenvalue weighted by Crippen LogP contribution is -2.26. The molecule has 0 unspecified atom stereocenters. The van der Waals surface area contributed by atoms with E-state index in [1.54, 1.807) is 10.9 Å². The quantitative estimate of drug-likeness (QED) is 0.714. The van der Waals surface area contributed by atoms with Gasteiger partial charge in [-0.3, -0.25) is 0 Å². The molecular formula is C9H13N5. The molecular weight excluding hydrogens is 178 g/mol. The van der Waals surface area contributed by atoms with Gasteiger partial charge < -0.3 is 10.7 Å². The topological polar surface area (TPSA) is 60.0 Å². The fourth-order valence-corrected chi connectivity index (χ4v) is 1.49. The Kier molecular flexibility index (Phi) is 1.80. The molecule has 0 atom stereocenters. The lowest BCUT2D eigenvalue weighted by Gasteiger charge is -2.15. The third-order valence-electron chi connectivity index (χ3n) is 2.15. The first-order valence-electron chi connectivity index (χ1n) is 4.38. The number of anilines is 1. The average molecular weight is 191 g/mol. The van der Waals surface area contributed by atoms with Crippen molar-refractivity contribution in [3.63, 3.8) is 0 Å². The van der Waals surface area contributed by atoms with E-state index in [1.165, 1.54) is 0 Å². The minimum Gasteiger partial charge on any atom is -0.368 e. The van der Waals surface area contributed by atoms with Crippen LogP contribution in [0.2, 0.25) is 0 Å². The summed E-state index contributed by atoms with van der Waals surface area (Å²) in [5.41, 5.74) is 8.54. The summed E-state index contributed by atoms with van der Waals surface area (Å²) in [4.78, 5) is 8.53. The second-order valence-corrected chi connectivity index (χ2v) is 3.43. The van der Waals surface area contributed by atoms with Crippen molar-refractivity contribution in [1.29, 1.82) is 0 Å². The van der Waals surface area contributed by atoms with Crippen LogP contribution in [0.1, 0.15) is 5.56 Å². The minimum atomic E-state index is 0.465. The van der Waals surface area contributed by atoms with E-state index >= 15 is 0 Å². The molecule has 0 amide bonds. The van der Waals surface area contributed by atoms with Crippen LogP contribution in [-0.4, -0.2) is 28.7 Å². The average Bonchev–Trinajstić information content (AvgIpc) is 2.42. The van der Waals surface area contributed by atoms with E-state index in [9.17, 15) is 0 Å². The van der Waals surface area contributed by atoms with Gasteiger partial charge in [0, 0.05) is 20.3 Å². The predicted octanol–water partition coefficient (Wildman–Crippen LogP) is 0.520. The maximum absolute atomic E-state index is 5.79. The Morgan fingerprint density at radius 1 is 1.43 bits per heavy atom. The Hall–Kier alpha value is -1.78. The zero-order valence-corrected chi connectivity index (χ0v) is 8.52. The molecule has 2 aromatic heterocycles. The van der Waals surface area contributed by atoms with Gasteiger partial charge in [0.15, 0.2) is 5.65 Å². The third kappa shape index (κ3) is 1.09. The number of fused-ring (bicyclic) bond motifs is 1. The van der Waals surface area contributed by atoms with E-state index in [0.717, 1.165) is 16.7 Å². The van der Waals surface area contributed by atoms with Crippen molar-refractivity contribution < 1.29 is 0 Å². The van der Waals surface area contributed by atoms with Crippen molar-refractivity contribution in [3.05, 3.63) is 17.8 Å². The molecule has 0 radical (unpaired) electrons. The molecule has 2 N–H and O–H groups in total. The molecule has 0 aromatic carbocycles. The van der Waals surface area contributed by atoms with Gasteiger partial charge in [-0.05, 0) is 18.6 Å². The SMILES string of the molecule is Cc1ccnc2c1nc(N)n2N(C)C. The number of rotatable bonds is 1. The summed E-state index contributed by atoms with van der Waals surface area (Å²) in [5, 5.41) is 1.86. The van der Waals surface area contributed by atoms with Crippen molar-refractivity contribution in [3.8, 4) is 0 Å². The van der Waals surface area contributed by atoms with Gasteiger partial charge in [-0.15, -0.1) is 0 Å². The predicted molar refractivity (Wildman–Crippen MR) is 56.7 cm³/mol. The third-order valence-corrected chi connectivity index (χ3v) is 2.15. The first kappa shape index (κ1) is 8.80. The number of nitrogens with zero attached hydrogens (tertiary/aromatic N) is 4. The van der Waals surface area contributed by atoms with E-state index in [4.69, 9.17) is 5.73 Å². The van der Waals surface area contributed by atoms with Crippen LogP contribution in [0.3, 0.4) is 0 Å². The maximum atomic E-state index is 5.79. The summed E-state index contributed by atoms with van der Waals surface area (Å²) >= 11 is 0. The Bertz CT molecular complexity index is 471. The minimum absolute atomic E-state index is 0.465. The largest absolute Gasteiger partial charge is 0.368 e. The number of pyridine rings is 1. The van der Waals surface area contributed by atoms with Crippen LogP contribution in [0.5, 0.6) is 0 Å². The Labute approximate surface area is 82.1 Å². The van der Waals surface area contributed by atoms with Crippen molar-refractivity contribution in [1.82, 2.24) is 14.6 Å². The first-order chi connectivity index (χ1) is 6.61. The molecule has 74 valence electrons. The molecule has 14 heavy (non-hydrogen) atoms. The van der Waals surface area contributed by atoms with Crippen LogP contribution in [-0.2, 0) is 0 Å². The van der Waals surface area contributed by atoms with Crippen LogP contribution in [0.4, 0.5) is 5.95 Å². The second-order valence-electron chi connectivity index (χ2n) is 3.43. The summed E-state index contributed by atoms with van der Waals surface area (Å²) in [7, 11) is 3.81. The summed E-state index contributed by atoms with van der Waals surface area (Å²) in [5.74, 6) is 0.465. The number of imidazole rings is 1. The highest BCUT2D eigenvalue weighted by Gasteiger charge is 2.11. The maximum Gasteiger partial charge on any atom is 0.221 e. The van der Waals surface area contributed by atoms with Crippen molar-refractivity contribution >= 4 is 17.1 Å². The van der Waals surface area contributed by atoms with Crippen LogP contribution < -0.4 is 10.7 Å². The fourth-order valence-electron chi connectivity index (χ4n) is 1.49. The summed E-state index contributed by atoms with van der Waals surface area (Å²) in [6.07, 6.45) is 1.76. The summed E-state index contributed by atoms with van der Waals surface area (Å²) in [6.45, 7) is 2.00. The number of nitrogen functional groups attached to an aromatic ring is 1. The molecule has 0 saturated carbocycles. The molecule has 2 heterocycles. The standard InChI is InChI=1S/C9H13N5/c1-6-4-5-11-8-7(6)12-9(10)14(8)13(2)3/h4-5H,1-3H3,(H2,10,12).